The largest absolute Gasteiger partial charge is 0.381 e. The topological polar surface area (TPSA) is 85.1 Å². The highest BCUT2D eigenvalue weighted by atomic mass is 32.1. The van der Waals surface area contributed by atoms with Gasteiger partial charge in [-0.2, -0.15) is 4.98 Å². The van der Waals surface area contributed by atoms with Gasteiger partial charge in [-0.25, -0.2) is 10.8 Å². The Hall–Kier alpha value is -1.44. The van der Waals surface area contributed by atoms with Crippen LogP contribution >= 0.6 is 11.3 Å². The number of nitrogens with zero attached hydrogens (tertiary/aromatic N) is 2. The summed E-state index contributed by atoms with van der Waals surface area (Å²) < 4.78 is 5.41. The summed E-state index contributed by atoms with van der Waals surface area (Å²) in [6, 6.07) is 2.51. The normalized spacial score (nSPS) is 22.4. The van der Waals surface area contributed by atoms with Gasteiger partial charge in [-0.15, -0.1) is 11.3 Å². The number of methoxy groups -OCH3 is 1. The summed E-state index contributed by atoms with van der Waals surface area (Å²) in [6.45, 7) is 2.07. The Balaban J connectivity index is 1.89. The summed E-state index contributed by atoms with van der Waals surface area (Å²) in [4.78, 5) is 11.0. The molecule has 0 saturated heterocycles. The first-order valence-electron chi connectivity index (χ1n) is 6.73. The molecule has 7 heteroatoms. The third-order valence-electron chi connectivity index (χ3n) is 3.70. The first-order chi connectivity index (χ1) is 9.69. The monoisotopic (exact) mass is 293 g/mol. The van der Waals surface area contributed by atoms with Crippen LogP contribution in [0.5, 0.6) is 0 Å². The van der Waals surface area contributed by atoms with Gasteiger partial charge in [0.25, 0.3) is 0 Å². The van der Waals surface area contributed by atoms with Gasteiger partial charge in [0.1, 0.15) is 10.6 Å². The second-order valence-corrected chi connectivity index (χ2v) is 6.36. The fourth-order valence-corrected chi connectivity index (χ4v) is 3.57. The number of fused-ring (bicyclic) bond motifs is 1. The number of rotatable bonds is 4. The molecule has 1 aliphatic carbocycles. The average molecular weight is 293 g/mol. The molecule has 0 spiro atoms. The molecule has 2 aromatic rings. The number of nitrogens with two attached hydrogens (primary N) is 1. The standard InChI is InChI=1S/C13H19N5OS/c1-7-5-10-11(15-8-3-4-9(6-8)19-2)16-13(18-14)17-12(10)20-7/h5,8-9H,3-4,6,14H2,1-2H3,(H2,15,16,17,18). The van der Waals surface area contributed by atoms with Crippen LogP contribution < -0.4 is 16.6 Å². The van der Waals surface area contributed by atoms with Gasteiger partial charge in [0.15, 0.2) is 0 Å². The number of ether oxygens (including phenoxy) is 1. The number of hydrazine groups is 1. The van der Waals surface area contributed by atoms with Crippen molar-refractivity contribution in [1.29, 1.82) is 0 Å². The van der Waals surface area contributed by atoms with Gasteiger partial charge in [0.05, 0.1) is 11.5 Å². The van der Waals surface area contributed by atoms with Crippen molar-refractivity contribution < 1.29 is 4.74 Å². The molecule has 2 atom stereocenters. The maximum Gasteiger partial charge on any atom is 0.240 e. The lowest BCUT2D eigenvalue weighted by atomic mass is 10.2. The van der Waals surface area contributed by atoms with Crippen LogP contribution in [0.4, 0.5) is 11.8 Å². The van der Waals surface area contributed by atoms with E-state index in [-0.39, 0.29) is 0 Å². The lowest BCUT2D eigenvalue weighted by Gasteiger charge is -2.14. The van der Waals surface area contributed by atoms with E-state index in [0.29, 0.717) is 18.1 Å². The first kappa shape index (κ1) is 13.5. The van der Waals surface area contributed by atoms with Crippen LogP contribution in [-0.4, -0.2) is 29.2 Å². The van der Waals surface area contributed by atoms with Gasteiger partial charge in [-0.3, -0.25) is 5.43 Å². The molecule has 0 aliphatic heterocycles. The van der Waals surface area contributed by atoms with Crippen molar-refractivity contribution in [1.82, 2.24) is 9.97 Å². The fraction of sp³-hybridized carbons (Fsp3) is 0.538. The number of aromatic nitrogens is 2. The second kappa shape index (κ2) is 5.51. The third kappa shape index (κ3) is 2.56. The van der Waals surface area contributed by atoms with Crippen molar-refractivity contribution in [3.8, 4) is 0 Å². The molecule has 0 aromatic carbocycles. The van der Waals surface area contributed by atoms with Crippen molar-refractivity contribution >= 4 is 33.3 Å². The second-order valence-electron chi connectivity index (χ2n) is 5.13. The lowest BCUT2D eigenvalue weighted by Crippen LogP contribution is -2.19. The Morgan fingerprint density at radius 2 is 2.25 bits per heavy atom. The predicted molar refractivity (Wildman–Crippen MR) is 82.0 cm³/mol. The maximum absolute atomic E-state index is 5.45. The van der Waals surface area contributed by atoms with Crippen molar-refractivity contribution in [2.75, 3.05) is 17.9 Å². The van der Waals surface area contributed by atoms with Gasteiger partial charge in [0, 0.05) is 18.0 Å². The number of nitrogen functional groups attached to an aromatic ring is 1. The minimum Gasteiger partial charge on any atom is -0.381 e. The van der Waals surface area contributed by atoms with Crippen LogP contribution in [0.3, 0.4) is 0 Å². The number of thiophene rings is 1. The van der Waals surface area contributed by atoms with Crippen LogP contribution in [0, 0.1) is 6.92 Å². The van der Waals surface area contributed by atoms with Gasteiger partial charge in [0.2, 0.25) is 5.95 Å². The zero-order valence-corrected chi connectivity index (χ0v) is 12.5. The predicted octanol–water partition coefficient (Wildman–Crippen LogP) is 2.26. The molecular formula is C13H19N5OS. The van der Waals surface area contributed by atoms with Gasteiger partial charge < -0.3 is 10.1 Å². The highest BCUT2D eigenvalue weighted by Crippen LogP contribution is 2.32. The third-order valence-corrected chi connectivity index (χ3v) is 4.65. The molecule has 2 unspecified atom stereocenters. The molecule has 20 heavy (non-hydrogen) atoms. The van der Waals surface area contributed by atoms with E-state index >= 15 is 0 Å². The first-order valence-corrected chi connectivity index (χ1v) is 7.55. The Bertz CT molecular complexity index is 614. The molecule has 3 rings (SSSR count). The molecule has 0 bridgehead atoms. The zero-order valence-electron chi connectivity index (χ0n) is 11.6. The van der Waals surface area contributed by atoms with Crippen LogP contribution in [-0.2, 0) is 4.74 Å². The summed E-state index contributed by atoms with van der Waals surface area (Å²) in [7, 11) is 1.77. The Kier molecular flexibility index (Phi) is 3.73. The number of nitrogens with one attached hydrogen (secondary N) is 2. The number of hydrogen-bond acceptors (Lipinski definition) is 7. The lowest BCUT2D eigenvalue weighted by molar-refractivity contribution is 0.108. The van der Waals surface area contributed by atoms with Crippen molar-refractivity contribution in [3.05, 3.63) is 10.9 Å². The van der Waals surface area contributed by atoms with E-state index in [1.807, 2.05) is 0 Å². The van der Waals surface area contributed by atoms with Crippen molar-refractivity contribution in [3.63, 3.8) is 0 Å². The van der Waals surface area contributed by atoms with Crippen LogP contribution in [0.15, 0.2) is 6.07 Å². The zero-order chi connectivity index (χ0) is 14.1. The fourth-order valence-electron chi connectivity index (χ4n) is 2.70. The van der Waals surface area contributed by atoms with Crippen LogP contribution in [0.1, 0.15) is 24.1 Å². The SMILES string of the molecule is COC1CCC(Nc2nc(NN)nc3sc(C)cc23)C1. The van der Waals surface area contributed by atoms with Crippen LogP contribution in [0.25, 0.3) is 10.2 Å². The Labute approximate surface area is 121 Å². The van der Waals surface area contributed by atoms with Crippen molar-refractivity contribution in [2.24, 2.45) is 5.84 Å². The molecule has 1 fully saturated rings. The molecule has 0 radical (unpaired) electrons. The van der Waals surface area contributed by atoms with E-state index in [9.17, 15) is 0 Å². The summed E-state index contributed by atoms with van der Waals surface area (Å²) in [5.41, 5.74) is 2.53. The summed E-state index contributed by atoms with van der Waals surface area (Å²) in [6.07, 6.45) is 3.54. The maximum atomic E-state index is 5.45. The van der Waals surface area contributed by atoms with Crippen LogP contribution in [0.2, 0.25) is 0 Å². The number of hydrogen-bond donors (Lipinski definition) is 3. The average Bonchev–Trinajstić information content (AvgIpc) is 3.04. The minimum atomic E-state index is 0.348. The molecule has 6 nitrogen and oxygen atoms in total. The molecule has 1 saturated carbocycles. The van der Waals surface area contributed by atoms with Crippen molar-refractivity contribution in [2.45, 2.75) is 38.3 Å². The summed E-state index contributed by atoms with van der Waals surface area (Å²) >= 11 is 1.65. The Morgan fingerprint density at radius 1 is 1.40 bits per heavy atom. The molecule has 4 N–H and O–H groups in total. The van der Waals surface area contributed by atoms with Gasteiger partial charge in [-0.1, -0.05) is 0 Å². The molecule has 1 aliphatic rings. The van der Waals surface area contributed by atoms with Gasteiger partial charge in [-0.05, 0) is 32.3 Å². The molecule has 2 heterocycles. The van der Waals surface area contributed by atoms with E-state index in [4.69, 9.17) is 10.6 Å². The van der Waals surface area contributed by atoms with E-state index < -0.39 is 0 Å². The quantitative estimate of drug-likeness (QED) is 0.592. The molecule has 108 valence electrons. The minimum absolute atomic E-state index is 0.348. The van der Waals surface area contributed by atoms with E-state index in [1.165, 1.54) is 4.88 Å². The highest BCUT2D eigenvalue weighted by Gasteiger charge is 2.25. The number of aryl methyl sites for hydroxylation is 1. The van der Waals surface area contributed by atoms with E-state index in [2.05, 4.69) is 33.7 Å². The molecule has 2 aromatic heterocycles. The van der Waals surface area contributed by atoms with Gasteiger partial charge >= 0.3 is 0 Å². The highest BCUT2D eigenvalue weighted by molar-refractivity contribution is 7.18. The van der Waals surface area contributed by atoms with E-state index in [1.54, 1.807) is 18.4 Å². The number of anilines is 2. The van der Waals surface area contributed by atoms with E-state index in [0.717, 1.165) is 35.3 Å². The summed E-state index contributed by atoms with van der Waals surface area (Å²) in [5.74, 6) is 6.75. The molecule has 0 amide bonds. The summed E-state index contributed by atoms with van der Waals surface area (Å²) in [5, 5.41) is 4.58. The smallest absolute Gasteiger partial charge is 0.240 e. The Morgan fingerprint density at radius 3 is 2.95 bits per heavy atom. The molecular weight excluding hydrogens is 274 g/mol.